The predicted octanol–water partition coefficient (Wildman–Crippen LogP) is 3.48. The van der Waals surface area contributed by atoms with E-state index in [0.717, 1.165) is 22.0 Å². The van der Waals surface area contributed by atoms with E-state index in [4.69, 9.17) is 24.7 Å². The van der Waals surface area contributed by atoms with E-state index >= 15 is 0 Å². The van der Waals surface area contributed by atoms with Crippen molar-refractivity contribution in [1.82, 2.24) is 4.98 Å². The highest BCUT2D eigenvalue weighted by Gasteiger charge is 2.33. The van der Waals surface area contributed by atoms with Crippen LogP contribution < -0.4 is 24.7 Å². The zero-order valence-electron chi connectivity index (χ0n) is 16.2. The Morgan fingerprint density at radius 3 is 2.41 bits per heavy atom. The summed E-state index contributed by atoms with van der Waals surface area (Å²) in [5.41, 5.74) is 8.82. The lowest BCUT2D eigenvalue weighted by atomic mass is 9.82. The number of hydrogen-bond donors (Lipinski definition) is 1. The summed E-state index contributed by atoms with van der Waals surface area (Å²) in [6, 6.07) is 13.4. The second-order valence-corrected chi connectivity index (χ2v) is 6.44. The molecule has 29 heavy (non-hydrogen) atoms. The number of methoxy groups -OCH3 is 3. The highest BCUT2D eigenvalue weighted by atomic mass is 16.5. The Kier molecular flexibility index (Phi) is 4.61. The Hall–Kier alpha value is -3.92. The second kappa shape index (κ2) is 7.24. The lowest BCUT2D eigenvalue weighted by Crippen LogP contribution is -2.21. The molecule has 0 saturated heterocycles. The SMILES string of the molecule is COc1cc(C2C(C#N)=C(N)Oc3c2ccc2ncccc32)cc(OC)c1OC. The molecule has 2 heterocycles. The Morgan fingerprint density at radius 1 is 1.07 bits per heavy atom. The smallest absolute Gasteiger partial charge is 0.205 e. The van der Waals surface area contributed by atoms with Gasteiger partial charge in [0.25, 0.3) is 0 Å². The Bertz CT molecular complexity index is 1160. The van der Waals surface area contributed by atoms with Crippen LogP contribution in [-0.4, -0.2) is 26.3 Å². The minimum Gasteiger partial charge on any atom is -0.493 e. The predicted molar refractivity (Wildman–Crippen MR) is 107 cm³/mol. The maximum atomic E-state index is 9.82. The minimum atomic E-state index is -0.456. The third-order valence-corrected chi connectivity index (χ3v) is 4.98. The van der Waals surface area contributed by atoms with Gasteiger partial charge in [-0.05, 0) is 35.9 Å². The summed E-state index contributed by atoms with van der Waals surface area (Å²) < 4.78 is 22.3. The van der Waals surface area contributed by atoms with E-state index in [-0.39, 0.29) is 5.88 Å². The molecule has 2 N–H and O–H groups in total. The topological polar surface area (TPSA) is 99.6 Å². The minimum absolute atomic E-state index is 0.0649. The molecule has 1 atom stereocenters. The zero-order chi connectivity index (χ0) is 20.5. The third-order valence-electron chi connectivity index (χ3n) is 4.98. The van der Waals surface area contributed by atoms with Gasteiger partial charge in [0.05, 0.1) is 32.8 Å². The van der Waals surface area contributed by atoms with Crippen LogP contribution in [0.1, 0.15) is 17.0 Å². The van der Waals surface area contributed by atoms with Gasteiger partial charge >= 0.3 is 0 Å². The average molecular weight is 389 g/mol. The lowest BCUT2D eigenvalue weighted by molar-refractivity contribution is 0.323. The van der Waals surface area contributed by atoms with Crippen molar-refractivity contribution in [2.75, 3.05) is 21.3 Å². The van der Waals surface area contributed by atoms with E-state index < -0.39 is 5.92 Å². The van der Waals surface area contributed by atoms with E-state index in [2.05, 4.69) is 11.1 Å². The number of rotatable bonds is 4. The van der Waals surface area contributed by atoms with Gasteiger partial charge in [0.2, 0.25) is 11.6 Å². The molecular formula is C22H19N3O4. The molecule has 2 aromatic carbocycles. The quantitative estimate of drug-likeness (QED) is 0.729. The van der Waals surface area contributed by atoms with E-state index in [1.165, 1.54) is 0 Å². The van der Waals surface area contributed by atoms with Gasteiger partial charge in [-0.15, -0.1) is 0 Å². The molecule has 1 aromatic heterocycles. The van der Waals surface area contributed by atoms with Crippen LogP contribution in [0.15, 0.2) is 54.1 Å². The summed E-state index contributed by atoms with van der Waals surface area (Å²) in [4.78, 5) is 4.37. The Balaban J connectivity index is 2.01. The molecule has 0 fully saturated rings. The van der Waals surface area contributed by atoms with E-state index in [1.54, 1.807) is 27.5 Å². The summed E-state index contributed by atoms with van der Waals surface area (Å²) in [6.45, 7) is 0. The van der Waals surface area contributed by atoms with Gasteiger partial charge in [-0.1, -0.05) is 6.07 Å². The van der Waals surface area contributed by atoms with Crippen LogP contribution in [0.3, 0.4) is 0 Å². The number of nitrogens with two attached hydrogens (primary N) is 1. The van der Waals surface area contributed by atoms with Crippen molar-refractivity contribution in [3.8, 4) is 29.1 Å². The molecule has 7 heteroatoms. The molecule has 1 unspecified atom stereocenters. The van der Waals surface area contributed by atoms with Crippen LogP contribution in [0.25, 0.3) is 10.9 Å². The number of nitrogens with zero attached hydrogens (tertiary/aromatic N) is 2. The van der Waals surface area contributed by atoms with Crippen LogP contribution in [0, 0.1) is 11.3 Å². The number of hydrogen-bond acceptors (Lipinski definition) is 7. The molecule has 0 radical (unpaired) electrons. The summed E-state index contributed by atoms with van der Waals surface area (Å²) >= 11 is 0. The summed E-state index contributed by atoms with van der Waals surface area (Å²) in [5, 5.41) is 10.6. The normalized spacial score (nSPS) is 15.3. The van der Waals surface area contributed by atoms with Gasteiger partial charge in [-0.2, -0.15) is 5.26 Å². The maximum Gasteiger partial charge on any atom is 0.205 e. The largest absolute Gasteiger partial charge is 0.493 e. The number of ether oxygens (including phenoxy) is 4. The van der Waals surface area contributed by atoms with Crippen molar-refractivity contribution >= 4 is 10.9 Å². The summed E-state index contributed by atoms with van der Waals surface area (Å²) in [7, 11) is 4.64. The van der Waals surface area contributed by atoms with E-state index in [9.17, 15) is 5.26 Å². The van der Waals surface area contributed by atoms with Crippen LogP contribution in [-0.2, 0) is 0 Å². The second-order valence-electron chi connectivity index (χ2n) is 6.44. The van der Waals surface area contributed by atoms with Crippen LogP contribution >= 0.6 is 0 Å². The van der Waals surface area contributed by atoms with Gasteiger partial charge in [0, 0.05) is 17.1 Å². The molecule has 0 bridgehead atoms. The first kappa shape index (κ1) is 18.4. The van der Waals surface area contributed by atoms with Gasteiger partial charge in [0.15, 0.2) is 11.5 Å². The van der Waals surface area contributed by atoms with Crippen molar-refractivity contribution in [2.45, 2.75) is 5.92 Å². The summed E-state index contributed by atoms with van der Waals surface area (Å²) in [6.07, 6.45) is 1.72. The number of nitriles is 1. The zero-order valence-corrected chi connectivity index (χ0v) is 16.2. The molecule has 0 aliphatic carbocycles. The summed E-state index contributed by atoms with van der Waals surface area (Å²) in [5.74, 6) is 1.66. The Morgan fingerprint density at radius 2 is 1.79 bits per heavy atom. The molecule has 3 aromatic rings. The molecule has 146 valence electrons. The monoisotopic (exact) mass is 389 g/mol. The van der Waals surface area contributed by atoms with Gasteiger partial charge in [-0.25, -0.2) is 0 Å². The first-order valence-electron chi connectivity index (χ1n) is 8.88. The molecule has 0 spiro atoms. The van der Waals surface area contributed by atoms with Crippen molar-refractivity contribution < 1.29 is 18.9 Å². The van der Waals surface area contributed by atoms with Gasteiger partial charge in [-0.3, -0.25) is 4.98 Å². The first-order valence-corrected chi connectivity index (χ1v) is 8.88. The van der Waals surface area contributed by atoms with Crippen molar-refractivity contribution in [2.24, 2.45) is 5.73 Å². The average Bonchev–Trinajstić information content (AvgIpc) is 2.76. The lowest BCUT2D eigenvalue weighted by Gasteiger charge is -2.28. The maximum absolute atomic E-state index is 9.82. The number of aromatic nitrogens is 1. The van der Waals surface area contributed by atoms with Gasteiger partial charge < -0.3 is 24.7 Å². The number of allylic oxidation sites excluding steroid dienone is 1. The number of fused-ring (bicyclic) bond motifs is 3. The number of pyridine rings is 1. The molecule has 0 amide bonds. The Labute approximate surface area is 167 Å². The molecule has 1 aliphatic rings. The van der Waals surface area contributed by atoms with Crippen molar-refractivity contribution in [3.63, 3.8) is 0 Å². The fraction of sp³-hybridized carbons (Fsp3) is 0.182. The van der Waals surface area contributed by atoms with Crippen LogP contribution in [0.4, 0.5) is 0 Å². The van der Waals surface area contributed by atoms with Crippen molar-refractivity contribution in [3.05, 3.63) is 65.2 Å². The van der Waals surface area contributed by atoms with Crippen LogP contribution in [0.5, 0.6) is 23.0 Å². The van der Waals surface area contributed by atoms with Gasteiger partial charge in [0.1, 0.15) is 17.4 Å². The third kappa shape index (κ3) is 2.86. The fourth-order valence-corrected chi connectivity index (χ4v) is 3.68. The van der Waals surface area contributed by atoms with Crippen LogP contribution in [0.2, 0.25) is 0 Å². The van der Waals surface area contributed by atoms with E-state index in [0.29, 0.717) is 28.6 Å². The molecule has 1 aliphatic heterocycles. The molecule has 7 nitrogen and oxygen atoms in total. The first-order chi connectivity index (χ1) is 14.1. The van der Waals surface area contributed by atoms with E-state index in [1.807, 2.05) is 36.4 Å². The highest BCUT2D eigenvalue weighted by Crippen LogP contribution is 2.48. The fourth-order valence-electron chi connectivity index (χ4n) is 3.68. The number of benzene rings is 2. The highest BCUT2D eigenvalue weighted by molar-refractivity contribution is 5.88. The molecular weight excluding hydrogens is 370 g/mol. The molecule has 4 rings (SSSR count). The standard InChI is InChI=1S/C22H19N3O4/c1-26-17-9-12(10-18(27-2)21(17)28-3)19-14-6-7-16-13(5-4-8-25-16)20(14)29-22(24)15(19)11-23/h4-10,19H,24H2,1-3H3. The molecule has 0 saturated carbocycles. The van der Waals surface area contributed by atoms with Crippen molar-refractivity contribution in [1.29, 1.82) is 5.26 Å².